The molecule has 0 spiro atoms. The predicted octanol–water partition coefficient (Wildman–Crippen LogP) is 14.8. The van der Waals surface area contributed by atoms with E-state index < -0.39 is 0 Å². The molecule has 0 amide bonds. The van der Waals surface area contributed by atoms with Crippen molar-refractivity contribution in [2.75, 3.05) is 4.90 Å². The third kappa shape index (κ3) is 4.71. The molecule has 11 aromatic rings. The Kier molecular flexibility index (Phi) is 5.07. The number of anilines is 3. The topological polar surface area (TPSA) is 3.24 Å². The van der Waals surface area contributed by atoms with E-state index >= 15 is 0 Å². The Balaban J connectivity index is 1.33. The monoisotopic (exact) mass is 679 g/mol. The van der Waals surface area contributed by atoms with Crippen LogP contribution in [0.25, 0.3) is 86.9 Å². The van der Waals surface area contributed by atoms with Gasteiger partial charge < -0.3 is 4.90 Å². The summed E-state index contributed by atoms with van der Waals surface area (Å²) in [6.07, 6.45) is 0. The average molecular weight is 680 g/mol. The molecule has 11 aromatic carbocycles. The minimum Gasteiger partial charge on any atom is -0.310 e. The lowest BCUT2D eigenvalue weighted by Crippen LogP contribution is -2.10. The first-order valence-electron chi connectivity index (χ1n) is 21.7. The molecule has 0 atom stereocenters. The van der Waals surface area contributed by atoms with Crippen LogP contribution in [-0.4, -0.2) is 0 Å². The maximum atomic E-state index is 9.62. The lowest BCUT2D eigenvalue weighted by Gasteiger charge is -2.27. The van der Waals surface area contributed by atoms with Crippen molar-refractivity contribution in [2.24, 2.45) is 0 Å². The van der Waals surface area contributed by atoms with E-state index in [4.69, 9.17) is 0 Å². The SMILES string of the molecule is [2H]c1c([2H])c(N(c2cc3ccc4cccc5c6cccc7ccc8cccc(c(c2)c3c45)c8c76)c2c([2H])c([2H])c(-c3ccccc3)c([2H])c2[2H])c([2H])c([2H])c1-c1ccccc1. The second-order valence-electron chi connectivity index (χ2n) is 13.4. The highest BCUT2D eigenvalue weighted by Crippen LogP contribution is 2.46. The Morgan fingerprint density at radius 3 is 1.13 bits per heavy atom. The average Bonchev–Trinajstić information content (AvgIpc) is 3.29. The van der Waals surface area contributed by atoms with Gasteiger partial charge in [0.05, 0.1) is 11.0 Å². The van der Waals surface area contributed by atoms with Gasteiger partial charge in [-0.3, -0.25) is 0 Å². The van der Waals surface area contributed by atoms with E-state index in [1.54, 1.807) is 48.5 Å². The maximum Gasteiger partial charge on any atom is 0.0645 e. The third-order valence-electron chi connectivity index (χ3n) is 10.5. The molecule has 0 radical (unpaired) electrons. The van der Waals surface area contributed by atoms with Crippen molar-refractivity contribution in [1.82, 2.24) is 0 Å². The summed E-state index contributed by atoms with van der Waals surface area (Å²) >= 11 is 0. The summed E-state index contributed by atoms with van der Waals surface area (Å²) in [7, 11) is 0. The predicted molar refractivity (Wildman–Crippen MR) is 228 cm³/mol. The quantitative estimate of drug-likeness (QED) is 0.164. The molecule has 53 heavy (non-hydrogen) atoms. The normalized spacial score (nSPS) is 13.9. The summed E-state index contributed by atoms with van der Waals surface area (Å²) in [5.41, 5.74) is 1.26. The Morgan fingerprint density at radius 1 is 0.283 bits per heavy atom. The zero-order valence-corrected chi connectivity index (χ0v) is 28.4. The van der Waals surface area contributed by atoms with Crippen LogP contribution in [0.2, 0.25) is 0 Å². The Labute approximate surface area is 319 Å². The van der Waals surface area contributed by atoms with Gasteiger partial charge in [0, 0.05) is 17.1 Å². The molecule has 0 saturated heterocycles. The van der Waals surface area contributed by atoms with Gasteiger partial charge in [-0.2, -0.15) is 0 Å². The molecule has 0 heterocycles. The summed E-state index contributed by atoms with van der Waals surface area (Å²) in [5, 5.41) is 12.2. The van der Waals surface area contributed by atoms with Crippen molar-refractivity contribution in [3.8, 4) is 22.3 Å². The van der Waals surface area contributed by atoms with E-state index in [0.717, 1.165) is 64.6 Å². The summed E-state index contributed by atoms with van der Waals surface area (Å²) in [5.74, 6) is 0. The fourth-order valence-electron chi connectivity index (χ4n) is 8.10. The number of rotatable bonds is 5. The summed E-state index contributed by atoms with van der Waals surface area (Å²) in [6.45, 7) is 0. The fraction of sp³-hybridized carbons (Fsp3) is 0. The highest BCUT2D eigenvalue weighted by Gasteiger charge is 2.19. The van der Waals surface area contributed by atoms with Gasteiger partial charge in [-0.25, -0.2) is 0 Å². The second-order valence-corrected chi connectivity index (χ2v) is 13.4. The minimum atomic E-state index is -0.381. The fourth-order valence-corrected chi connectivity index (χ4v) is 8.10. The maximum absolute atomic E-state index is 9.62. The van der Waals surface area contributed by atoms with Crippen molar-refractivity contribution in [2.45, 2.75) is 0 Å². The molecule has 1 nitrogen and oxygen atoms in total. The molecule has 0 aliphatic heterocycles. The lowest BCUT2D eigenvalue weighted by molar-refractivity contribution is 1.29. The largest absolute Gasteiger partial charge is 0.310 e. The van der Waals surface area contributed by atoms with Crippen molar-refractivity contribution < 1.29 is 11.0 Å². The van der Waals surface area contributed by atoms with Crippen molar-refractivity contribution in [1.29, 1.82) is 0 Å². The molecule has 0 fully saturated rings. The molecule has 246 valence electrons. The highest BCUT2D eigenvalue weighted by atomic mass is 15.1. The van der Waals surface area contributed by atoms with Gasteiger partial charge in [-0.15, -0.1) is 0 Å². The summed E-state index contributed by atoms with van der Waals surface area (Å²) in [4.78, 5) is 1.42. The van der Waals surface area contributed by atoms with Crippen LogP contribution >= 0.6 is 0 Å². The Hall–Kier alpha value is -6.96. The zero-order valence-electron chi connectivity index (χ0n) is 36.4. The van der Waals surface area contributed by atoms with Gasteiger partial charge in [0.15, 0.2) is 0 Å². The van der Waals surface area contributed by atoms with Crippen LogP contribution in [0, 0.1) is 0 Å². The first-order valence-corrected chi connectivity index (χ1v) is 17.7. The first-order chi connectivity index (χ1) is 29.6. The summed E-state index contributed by atoms with van der Waals surface area (Å²) < 4.78 is 75.9. The van der Waals surface area contributed by atoms with Gasteiger partial charge in [-0.05, 0) is 123 Å². The number of benzene rings is 10. The lowest BCUT2D eigenvalue weighted by atomic mass is 9.87. The smallest absolute Gasteiger partial charge is 0.0645 e. The number of nitrogens with zero attached hydrogens (tertiary/aromatic N) is 1. The van der Waals surface area contributed by atoms with Crippen LogP contribution in [0.4, 0.5) is 17.1 Å². The number of hydrogen-bond donors (Lipinski definition) is 0. The van der Waals surface area contributed by atoms with Crippen molar-refractivity contribution in [3.05, 3.63) is 200 Å². The molecule has 11 rings (SSSR count). The molecule has 0 aromatic heterocycles. The molecule has 0 N–H and O–H groups in total. The Morgan fingerprint density at radius 2 is 0.679 bits per heavy atom. The van der Waals surface area contributed by atoms with Gasteiger partial charge in [0.1, 0.15) is 0 Å². The van der Waals surface area contributed by atoms with Gasteiger partial charge in [0.2, 0.25) is 0 Å². The Bertz CT molecular complexity index is 3460. The van der Waals surface area contributed by atoms with E-state index in [2.05, 4.69) is 66.7 Å². The van der Waals surface area contributed by atoms with E-state index in [0.29, 0.717) is 16.8 Å². The van der Waals surface area contributed by atoms with Crippen LogP contribution < -0.4 is 4.90 Å². The van der Waals surface area contributed by atoms with Crippen molar-refractivity contribution >= 4 is 81.7 Å². The van der Waals surface area contributed by atoms with E-state index in [1.807, 2.05) is 36.4 Å². The van der Waals surface area contributed by atoms with Crippen LogP contribution in [-0.2, 0) is 0 Å². The van der Waals surface area contributed by atoms with Crippen LogP contribution in [0.3, 0.4) is 0 Å². The molecule has 0 aliphatic carbocycles. The zero-order chi connectivity index (χ0) is 41.8. The molecular weight excluding hydrogens is 639 g/mol. The van der Waals surface area contributed by atoms with Crippen LogP contribution in [0.5, 0.6) is 0 Å². The molecule has 0 saturated carbocycles. The first kappa shape index (κ1) is 22.8. The van der Waals surface area contributed by atoms with E-state index in [9.17, 15) is 11.0 Å². The molecule has 0 unspecified atom stereocenters. The summed E-state index contributed by atoms with van der Waals surface area (Å²) in [6, 6.07) is 46.2. The minimum absolute atomic E-state index is 0.122. The number of hydrogen-bond acceptors (Lipinski definition) is 1. The van der Waals surface area contributed by atoms with E-state index in [-0.39, 0.29) is 70.8 Å². The van der Waals surface area contributed by atoms with E-state index in [1.165, 1.54) is 4.90 Å². The molecule has 1 heteroatoms. The van der Waals surface area contributed by atoms with Gasteiger partial charge in [-0.1, -0.05) is 164 Å². The van der Waals surface area contributed by atoms with Crippen LogP contribution in [0.15, 0.2) is 200 Å². The van der Waals surface area contributed by atoms with Gasteiger partial charge in [0.25, 0.3) is 0 Å². The molecule has 0 bridgehead atoms. The third-order valence-corrected chi connectivity index (χ3v) is 10.5. The molecule has 0 aliphatic rings. The van der Waals surface area contributed by atoms with Crippen molar-refractivity contribution in [3.63, 3.8) is 0 Å². The van der Waals surface area contributed by atoms with Gasteiger partial charge >= 0.3 is 0 Å². The second kappa shape index (κ2) is 11.8. The van der Waals surface area contributed by atoms with Crippen LogP contribution in [0.1, 0.15) is 11.0 Å². The number of fused-ring (bicyclic) bond motifs is 2. The standard InChI is InChI=1S/C52H33N/c1-3-10-34(11-4-1)36-24-28-42(29-25-36)53(43-30-26-37(27-31-43)35-12-5-2-6-13-35)44-32-41-23-22-40-15-8-18-46-45-17-7-14-38-20-21-39-16-9-19-47(51(39)49(38)45)48(33-44)52(41)50(40)46/h1-33H/i24D,25D,26D,27D,28D,29D,30D,31D. The highest BCUT2D eigenvalue weighted by molar-refractivity contribution is 6.37. The molecular formula is C52H33N.